The molecule has 20 heavy (non-hydrogen) atoms. The van der Waals surface area contributed by atoms with Gasteiger partial charge in [-0.3, -0.25) is 10.1 Å². The molecule has 100 valence electrons. The predicted octanol–water partition coefficient (Wildman–Crippen LogP) is 3.83. The summed E-state index contributed by atoms with van der Waals surface area (Å²) >= 11 is 1.38. The van der Waals surface area contributed by atoms with Crippen molar-refractivity contribution in [2.24, 2.45) is 0 Å². The van der Waals surface area contributed by atoms with E-state index < -0.39 is 4.92 Å². The summed E-state index contributed by atoms with van der Waals surface area (Å²) in [7, 11) is 0. The number of para-hydroxylation sites is 2. The average Bonchev–Trinajstić information content (AvgIpc) is 3.04. The molecular formula is C13H9N3O3S. The number of benzene rings is 1. The number of rotatable bonds is 4. The molecule has 1 aromatic carbocycles. The van der Waals surface area contributed by atoms with Gasteiger partial charge >= 0.3 is 5.88 Å². The van der Waals surface area contributed by atoms with Crippen LogP contribution in [-0.4, -0.2) is 14.9 Å². The first kappa shape index (κ1) is 12.5. The maximum Gasteiger partial charge on any atom is 0.433 e. The molecule has 2 heterocycles. The second-order valence-corrected chi connectivity index (χ2v) is 4.81. The van der Waals surface area contributed by atoms with Gasteiger partial charge in [-0.2, -0.15) is 0 Å². The summed E-state index contributed by atoms with van der Waals surface area (Å²) in [6.07, 6.45) is 1.66. The molecule has 0 spiro atoms. The quantitative estimate of drug-likeness (QED) is 0.448. The van der Waals surface area contributed by atoms with E-state index in [0.717, 1.165) is 16.2 Å². The predicted molar refractivity (Wildman–Crippen MR) is 76.3 cm³/mol. The number of imidazole rings is 1. The van der Waals surface area contributed by atoms with Crippen molar-refractivity contribution in [3.8, 4) is 0 Å². The average molecular weight is 287 g/mol. The molecule has 0 aliphatic heterocycles. The molecule has 0 atom stereocenters. The molecular weight excluding hydrogens is 278 g/mol. The third kappa shape index (κ3) is 2.57. The highest BCUT2D eigenvalue weighted by molar-refractivity contribution is 8.02. The molecule has 0 radical (unpaired) electrons. The van der Waals surface area contributed by atoms with Crippen LogP contribution in [0.2, 0.25) is 0 Å². The molecule has 0 saturated heterocycles. The van der Waals surface area contributed by atoms with Crippen molar-refractivity contribution in [1.82, 2.24) is 9.97 Å². The van der Waals surface area contributed by atoms with Crippen LogP contribution < -0.4 is 0 Å². The maximum absolute atomic E-state index is 10.5. The van der Waals surface area contributed by atoms with Gasteiger partial charge in [0.25, 0.3) is 0 Å². The lowest BCUT2D eigenvalue weighted by atomic mass is 10.3. The van der Waals surface area contributed by atoms with E-state index >= 15 is 0 Å². The monoisotopic (exact) mass is 287 g/mol. The van der Waals surface area contributed by atoms with E-state index in [1.807, 2.05) is 24.3 Å². The van der Waals surface area contributed by atoms with Gasteiger partial charge in [-0.05, 0) is 29.7 Å². The molecule has 0 aliphatic carbocycles. The zero-order valence-corrected chi connectivity index (χ0v) is 11.0. The molecule has 7 heteroatoms. The summed E-state index contributed by atoms with van der Waals surface area (Å²) in [5.41, 5.74) is 1.87. The number of furan rings is 1. The lowest BCUT2D eigenvalue weighted by molar-refractivity contribution is -0.402. The van der Waals surface area contributed by atoms with E-state index in [-0.39, 0.29) is 5.88 Å². The summed E-state index contributed by atoms with van der Waals surface area (Å²) in [5.74, 6) is 0.165. The van der Waals surface area contributed by atoms with Gasteiger partial charge in [0.05, 0.1) is 17.1 Å². The molecule has 3 rings (SSSR count). The Morgan fingerprint density at radius 3 is 2.90 bits per heavy atom. The summed E-state index contributed by atoms with van der Waals surface area (Å²) in [4.78, 5) is 17.5. The van der Waals surface area contributed by atoms with Crippen LogP contribution in [0.4, 0.5) is 5.88 Å². The Labute approximate surface area is 117 Å². The van der Waals surface area contributed by atoms with Gasteiger partial charge in [0.2, 0.25) is 0 Å². The Kier molecular flexibility index (Phi) is 3.26. The van der Waals surface area contributed by atoms with E-state index in [0.29, 0.717) is 5.76 Å². The molecule has 0 amide bonds. The van der Waals surface area contributed by atoms with Gasteiger partial charge in [0, 0.05) is 0 Å². The summed E-state index contributed by atoms with van der Waals surface area (Å²) in [5, 5.41) is 13.0. The normalized spacial score (nSPS) is 11.4. The first-order chi connectivity index (χ1) is 9.72. The summed E-state index contributed by atoms with van der Waals surface area (Å²) in [6, 6.07) is 10.6. The number of hydrogen-bond donors (Lipinski definition) is 1. The van der Waals surface area contributed by atoms with Crippen LogP contribution in [0.15, 0.2) is 51.4 Å². The minimum Gasteiger partial charge on any atom is -0.401 e. The number of H-pyrrole nitrogens is 1. The third-order valence-corrected chi connectivity index (χ3v) is 3.26. The van der Waals surface area contributed by atoms with E-state index in [4.69, 9.17) is 4.42 Å². The van der Waals surface area contributed by atoms with E-state index in [9.17, 15) is 10.1 Å². The molecule has 1 N–H and O–H groups in total. The minimum atomic E-state index is -0.566. The number of nitrogens with zero attached hydrogens (tertiary/aromatic N) is 2. The number of fused-ring (bicyclic) bond motifs is 1. The van der Waals surface area contributed by atoms with Crippen molar-refractivity contribution >= 4 is 34.8 Å². The van der Waals surface area contributed by atoms with Gasteiger partial charge in [-0.1, -0.05) is 23.9 Å². The Hall–Kier alpha value is -2.54. The lowest BCUT2D eigenvalue weighted by Gasteiger charge is -1.87. The Balaban J connectivity index is 1.71. The SMILES string of the molecule is O=[N+]([O-])c1ccc(/C=C/Sc2nc3ccccc3[nH]2)o1. The first-order valence-corrected chi connectivity index (χ1v) is 6.62. The zero-order valence-electron chi connectivity index (χ0n) is 10.1. The molecule has 2 aromatic heterocycles. The number of nitro groups is 1. The summed E-state index contributed by atoms with van der Waals surface area (Å²) in [6.45, 7) is 0. The Morgan fingerprint density at radius 2 is 2.15 bits per heavy atom. The van der Waals surface area contributed by atoms with Crippen molar-refractivity contribution in [3.05, 3.63) is 57.7 Å². The van der Waals surface area contributed by atoms with Crippen molar-refractivity contribution < 1.29 is 9.34 Å². The lowest BCUT2D eigenvalue weighted by Crippen LogP contribution is -1.82. The third-order valence-electron chi connectivity index (χ3n) is 2.57. The topological polar surface area (TPSA) is 85.0 Å². The van der Waals surface area contributed by atoms with E-state index in [1.165, 1.54) is 17.8 Å². The highest BCUT2D eigenvalue weighted by atomic mass is 32.2. The van der Waals surface area contributed by atoms with E-state index in [1.54, 1.807) is 17.6 Å². The van der Waals surface area contributed by atoms with Crippen LogP contribution in [0.3, 0.4) is 0 Å². The van der Waals surface area contributed by atoms with Crippen molar-refractivity contribution in [1.29, 1.82) is 0 Å². The second-order valence-electron chi connectivity index (χ2n) is 3.91. The van der Waals surface area contributed by atoms with Crippen molar-refractivity contribution in [2.45, 2.75) is 5.16 Å². The van der Waals surface area contributed by atoms with Crippen LogP contribution in [-0.2, 0) is 0 Å². The van der Waals surface area contributed by atoms with Gasteiger partial charge in [-0.25, -0.2) is 4.98 Å². The smallest absolute Gasteiger partial charge is 0.401 e. The summed E-state index contributed by atoms with van der Waals surface area (Å²) < 4.78 is 5.01. The second kappa shape index (κ2) is 5.22. The molecule has 6 nitrogen and oxygen atoms in total. The molecule has 0 saturated carbocycles. The fourth-order valence-corrected chi connectivity index (χ4v) is 2.33. The standard InChI is InChI=1S/C13H9N3O3S/c17-16(18)12-6-5-9(19-12)7-8-20-13-14-10-3-1-2-4-11(10)15-13/h1-8H,(H,14,15)/b8-7+. The number of hydrogen-bond acceptors (Lipinski definition) is 5. The van der Waals surface area contributed by atoms with Crippen LogP contribution in [0.5, 0.6) is 0 Å². The number of thioether (sulfide) groups is 1. The molecule has 0 fully saturated rings. The molecule has 0 aliphatic rings. The first-order valence-electron chi connectivity index (χ1n) is 5.74. The zero-order chi connectivity index (χ0) is 13.9. The van der Waals surface area contributed by atoms with Crippen LogP contribution in [0.25, 0.3) is 17.1 Å². The fraction of sp³-hybridized carbons (Fsp3) is 0. The number of aromatic nitrogens is 2. The van der Waals surface area contributed by atoms with Gasteiger partial charge in [0.1, 0.15) is 10.7 Å². The minimum absolute atomic E-state index is 0.265. The van der Waals surface area contributed by atoms with Gasteiger partial charge in [-0.15, -0.1) is 0 Å². The Bertz CT molecular complexity index is 758. The highest BCUT2D eigenvalue weighted by Crippen LogP contribution is 2.22. The molecule has 0 bridgehead atoms. The van der Waals surface area contributed by atoms with Crippen molar-refractivity contribution in [3.63, 3.8) is 0 Å². The van der Waals surface area contributed by atoms with Gasteiger partial charge in [0.15, 0.2) is 5.16 Å². The fourth-order valence-electron chi connectivity index (χ4n) is 1.68. The maximum atomic E-state index is 10.5. The molecule has 3 aromatic rings. The van der Waals surface area contributed by atoms with Crippen LogP contribution in [0, 0.1) is 10.1 Å². The van der Waals surface area contributed by atoms with E-state index in [2.05, 4.69) is 9.97 Å². The largest absolute Gasteiger partial charge is 0.433 e. The number of aromatic amines is 1. The van der Waals surface area contributed by atoms with Crippen LogP contribution in [0.1, 0.15) is 5.76 Å². The van der Waals surface area contributed by atoms with Crippen LogP contribution >= 0.6 is 11.8 Å². The Morgan fingerprint density at radius 1 is 1.30 bits per heavy atom. The molecule has 0 unspecified atom stereocenters. The number of nitrogens with one attached hydrogen (secondary N) is 1. The highest BCUT2D eigenvalue weighted by Gasteiger charge is 2.09. The van der Waals surface area contributed by atoms with Crippen molar-refractivity contribution in [2.75, 3.05) is 0 Å². The van der Waals surface area contributed by atoms with Gasteiger partial charge < -0.3 is 9.40 Å².